The van der Waals surface area contributed by atoms with Gasteiger partial charge in [0, 0.05) is 17.3 Å². The van der Waals surface area contributed by atoms with Crippen molar-refractivity contribution < 1.29 is 0 Å². The maximum Gasteiger partial charge on any atom is 0.116 e. The summed E-state index contributed by atoms with van der Waals surface area (Å²) in [7, 11) is 0. The van der Waals surface area contributed by atoms with Gasteiger partial charge in [0.25, 0.3) is 0 Å². The highest BCUT2D eigenvalue weighted by Crippen LogP contribution is 2.19. The quantitative estimate of drug-likeness (QED) is 0.593. The molecule has 2 N–H and O–H groups in total. The molecule has 0 aliphatic carbocycles. The van der Waals surface area contributed by atoms with E-state index in [2.05, 4.69) is 9.97 Å². The van der Waals surface area contributed by atoms with Gasteiger partial charge in [0.1, 0.15) is 6.33 Å². The molecular formula is C9H9N3. The molecule has 60 valence electrons. The molecule has 0 atom stereocenters. The molecule has 1 aromatic heterocycles. The molecule has 0 saturated carbocycles. The zero-order chi connectivity index (χ0) is 8.55. The fourth-order valence-electron chi connectivity index (χ4n) is 1.22. The first-order valence-electron chi connectivity index (χ1n) is 3.74. The zero-order valence-electron chi connectivity index (χ0n) is 6.78. The number of nitrogen functional groups attached to an aromatic ring is 1. The summed E-state index contributed by atoms with van der Waals surface area (Å²) in [5, 5.41) is 1.03. The first-order valence-corrected chi connectivity index (χ1v) is 3.74. The number of rotatable bonds is 0. The fraction of sp³-hybridized carbons (Fsp3) is 0.111. The number of benzene rings is 1. The normalized spacial score (nSPS) is 10.4. The SMILES string of the molecule is Cc1c(N)ccc2cncnc12. The smallest absolute Gasteiger partial charge is 0.116 e. The van der Waals surface area contributed by atoms with Crippen LogP contribution in [-0.4, -0.2) is 9.97 Å². The molecule has 2 aromatic rings. The molecule has 0 aliphatic rings. The molecule has 0 radical (unpaired) electrons. The van der Waals surface area contributed by atoms with Gasteiger partial charge in [0.05, 0.1) is 5.52 Å². The Morgan fingerprint density at radius 3 is 3.00 bits per heavy atom. The number of nitrogens with zero attached hydrogens (tertiary/aromatic N) is 2. The standard InChI is InChI=1S/C9H9N3/c1-6-8(10)3-2-7-4-11-5-12-9(6)7/h2-5H,10H2,1H3. The van der Waals surface area contributed by atoms with Gasteiger partial charge in [-0.25, -0.2) is 9.97 Å². The van der Waals surface area contributed by atoms with Crippen molar-refractivity contribution in [3.8, 4) is 0 Å². The number of hydrogen-bond acceptors (Lipinski definition) is 3. The molecule has 3 nitrogen and oxygen atoms in total. The second kappa shape index (κ2) is 2.44. The average Bonchev–Trinajstić information content (AvgIpc) is 2.12. The predicted molar refractivity (Wildman–Crippen MR) is 48.7 cm³/mol. The molecule has 2 rings (SSSR count). The minimum absolute atomic E-state index is 0.779. The molecule has 0 aliphatic heterocycles. The number of nitrogens with two attached hydrogens (primary N) is 1. The largest absolute Gasteiger partial charge is 0.398 e. The summed E-state index contributed by atoms with van der Waals surface area (Å²) in [6.45, 7) is 1.96. The maximum absolute atomic E-state index is 5.73. The number of aromatic nitrogens is 2. The topological polar surface area (TPSA) is 51.8 Å². The fourth-order valence-corrected chi connectivity index (χ4v) is 1.22. The average molecular weight is 159 g/mol. The molecule has 0 unspecified atom stereocenters. The Kier molecular flexibility index (Phi) is 1.43. The van der Waals surface area contributed by atoms with Crippen LogP contribution in [0.4, 0.5) is 5.69 Å². The summed E-state index contributed by atoms with van der Waals surface area (Å²) in [5.41, 5.74) is 8.46. The summed E-state index contributed by atoms with van der Waals surface area (Å²) in [6.07, 6.45) is 3.32. The highest BCUT2D eigenvalue weighted by molar-refractivity contribution is 5.84. The van der Waals surface area contributed by atoms with Crippen LogP contribution in [0.1, 0.15) is 5.56 Å². The highest BCUT2D eigenvalue weighted by Gasteiger charge is 2.00. The Balaban J connectivity index is 2.91. The first-order chi connectivity index (χ1) is 5.79. The van der Waals surface area contributed by atoms with Crippen molar-refractivity contribution in [3.05, 3.63) is 30.2 Å². The minimum Gasteiger partial charge on any atom is -0.398 e. The van der Waals surface area contributed by atoms with E-state index in [-0.39, 0.29) is 0 Å². The van der Waals surface area contributed by atoms with Crippen molar-refractivity contribution in [2.45, 2.75) is 6.92 Å². The molecule has 1 aromatic carbocycles. The molecule has 0 saturated heterocycles. The molecular weight excluding hydrogens is 150 g/mol. The van der Waals surface area contributed by atoms with Gasteiger partial charge < -0.3 is 5.73 Å². The summed E-state index contributed by atoms with van der Waals surface area (Å²) >= 11 is 0. The Hall–Kier alpha value is -1.64. The van der Waals surface area contributed by atoms with Crippen LogP contribution in [0.15, 0.2) is 24.7 Å². The van der Waals surface area contributed by atoms with Crippen molar-refractivity contribution >= 4 is 16.6 Å². The van der Waals surface area contributed by atoms with Gasteiger partial charge in [-0.2, -0.15) is 0 Å². The van der Waals surface area contributed by atoms with E-state index in [1.54, 1.807) is 6.20 Å². The number of fused-ring (bicyclic) bond motifs is 1. The van der Waals surface area contributed by atoms with Gasteiger partial charge in [0.2, 0.25) is 0 Å². The third-order valence-corrected chi connectivity index (χ3v) is 1.97. The van der Waals surface area contributed by atoms with E-state index in [1.807, 2.05) is 19.1 Å². The van der Waals surface area contributed by atoms with E-state index in [1.165, 1.54) is 6.33 Å². The highest BCUT2D eigenvalue weighted by atomic mass is 14.8. The Morgan fingerprint density at radius 2 is 2.17 bits per heavy atom. The Labute approximate surface area is 70.3 Å². The van der Waals surface area contributed by atoms with Gasteiger partial charge in [-0.05, 0) is 24.6 Å². The number of anilines is 1. The van der Waals surface area contributed by atoms with E-state index >= 15 is 0 Å². The van der Waals surface area contributed by atoms with Crippen LogP contribution in [0, 0.1) is 6.92 Å². The third kappa shape index (κ3) is 0.906. The molecule has 1 heterocycles. The lowest BCUT2D eigenvalue weighted by Gasteiger charge is -2.02. The van der Waals surface area contributed by atoms with E-state index in [4.69, 9.17) is 5.73 Å². The second-order valence-electron chi connectivity index (χ2n) is 2.74. The van der Waals surface area contributed by atoms with Gasteiger partial charge in [-0.3, -0.25) is 0 Å². The maximum atomic E-state index is 5.73. The lowest BCUT2D eigenvalue weighted by molar-refractivity contribution is 1.21. The van der Waals surface area contributed by atoms with Crippen LogP contribution in [0.5, 0.6) is 0 Å². The minimum atomic E-state index is 0.779. The van der Waals surface area contributed by atoms with Crippen molar-refractivity contribution in [3.63, 3.8) is 0 Å². The van der Waals surface area contributed by atoms with Gasteiger partial charge >= 0.3 is 0 Å². The molecule has 0 spiro atoms. The van der Waals surface area contributed by atoms with Gasteiger partial charge in [-0.15, -0.1) is 0 Å². The van der Waals surface area contributed by atoms with E-state index in [0.29, 0.717) is 0 Å². The monoisotopic (exact) mass is 159 g/mol. The van der Waals surface area contributed by atoms with Gasteiger partial charge in [-0.1, -0.05) is 0 Å². The number of aryl methyl sites for hydroxylation is 1. The molecule has 12 heavy (non-hydrogen) atoms. The van der Waals surface area contributed by atoms with Crippen molar-refractivity contribution in [1.29, 1.82) is 0 Å². The van der Waals surface area contributed by atoms with Crippen LogP contribution >= 0.6 is 0 Å². The van der Waals surface area contributed by atoms with E-state index < -0.39 is 0 Å². The molecule has 0 bridgehead atoms. The summed E-state index contributed by atoms with van der Waals surface area (Å²) in [4.78, 5) is 8.08. The predicted octanol–water partition coefficient (Wildman–Crippen LogP) is 1.52. The third-order valence-electron chi connectivity index (χ3n) is 1.97. The molecule has 0 amide bonds. The summed E-state index contributed by atoms with van der Waals surface area (Å²) in [5.74, 6) is 0. The van der Waals surface area contributed by atoms with Crippen LogP contribution in [0.25, 0.3) is 10.9 Å². The van der Waals surface area contributed by atoms with Crippen LogP contribution < -0.4 is 5.73 Å². The summed E-state index contributed by atoms with van der Waals surface area (Å²) in [6, 6.07) is 3.80. The molecule has 0 fully saturated rings. The van der Waals surface area contributed by atoms with Crippen molar-refractivity contribution in [2.24, 2.45) is 0 Å². The van der Waals surface area contributed by atoms with Crippen LogP contribution in [0.3, 0.4) is 0 Å². The van der Waals surface area contributed by atoms with Crippen molar-refractivity contribution in [2.75, 3.05) is 5.73 Å². The zero-order valence-corrected chi connectivity index (χ0v) is 6.78. The van der Waals surface area contributed by atoms with E-state index in [9.17, 15) is 0 Å². The van der Waals surface area contributed by atoms with Crippen molar-refractivity contribution in [1.82, 2.24) is 9.97 Å². The van der Waals surface area contributed by atoms with Crippen LogP contribution in [-0.2, 0) is 0 Å². The lowest BCUT2D eigenvalue weighted by Crippen LogP contribution is -1.92. The first kappa shape index (κ1) is 7.03. The summed E-state index contributed by atoms with van der Waals surface area (Å²) < 4.78 is 0. The van der Waals surface area contributed by atoms with Crippen LogP contribution in [0.2, 0.25) is 0 Å². The second-order valence-corrected chi connectivity index (χ2v) is 2.74. The number of hydrogen-bond donors (Lipinski definition) is 1. The lowest BCUT2D eigenvalue weighted by atomic mass is 10.1. The van der Waals surface area contributed by atoms with Gasteiger partial charge in [0.15, 0.2) is 0 Å². The Bertz CT molecular complexity index is 423. The van der Waals surface area contributed by atoms with E-state index in [0.717, 1.165) is 22.2 Å². The Morgan fingerprint density at radius 1 is 1.33 bits per heavy atom. The molecule has 3 heteroatoms.